The van der Waals surface area contributed by atoms with E-state index in [0.717, 1.165) is 16.9 Å². The number of benzene rings is 1. The highest BCUT2D eigenvalue weighted by atomic mass is 16.3. The third kappa shape index (κ3) is 4.83. The van der Waals surface area contributed by atoms with Crippen LogP contribution >= 0.6 is 0 Å². The van der Waals surface area contributed by atoms with E-state index in [1.54, 1.807) is 0 Å². The van der Waals surface area contributed by atoms with Crippen molar-refractivity contribution in [2.75, 3.05) is 23.8 Å². The summed E-state index contributed by atoms with van der Waals surface area (Å²) in [6, 6.07) is 9.34. The fraction of sp³-hybridized carbons (Fsp3) is 0.476. The lowest BCUT2D eigenvalue weighted by atomic mass is 10.1. The van der Waals surface area contributed by atoms with Gasteiger partial charge in [-0.05, 0) is 11.5 Å². The summed E-state index contributed by atoms with van der Waals surface area (Å²) in [6.07, 6.45) is 0. The van der Waals surface area contributed by atoms with Crippen LogP contribution in [0.15, 0.2) is 30.3 Å². The smallest absolute Gasteiger partial charge is 0.347 e. The molecule has 8 heteroatoms. The number of hydrogen-bond donors (Lipinski definition) is 5. The van der Waals surface area contributed by atoms with Crippen LogP contribution in [0, 0.1) is 5.92 Å². The van der Waals surface area contributed by atoms with E-state index in [1.807, 2.05) is 44.2 Å². The molecule has 2 aromatic heterocycles. The molecular formula is C21H31N6O2+. The molecule has 0 aliphatic carbocycles. The Bertz CT molecular complexity index is 926. The average Bonchev–Trinajstić information content (AvgIpc) is 3.15. The summed E-state index contributed by atoms with van der Waals surface area (Å²) in [4.78, 5) is 15.8. The van der Waals surface area contributed by atoms with Crippen LogP contribution in [-0.2, 0) is 0 Å². The lowest BCUT2D eigenvalue weighted by Gasteiger charge is -2.18. The van der Waals surface area contributed by atoms with Crippen molar-refractivity contribution in [2.45, 2.75) is 45.7 Å². The van der Waals surface area contributed by atoms with Crippen molar-refractivity contribution in [3.63, 3.8) is 0 Å². The molecular weight excluding hydrogens is 368 g/mol. The van der Waals surface area contributed by atoms with Crippen molar-refractivity contribution < 1.29 is 15.2 Å². The fourth-order valence-corrected chi connectivity index (χ4v) is 3.09. The molecule has 1 aromatic carbocycles. The molecule has 6 N–H and O–H groups in total. The maximum atomic E-state index is 9.97. The van der Waals surface area contributed by atoms with Crippen LogP contribution in [-0.4, -0.2) is 44.4 Å². The number of aliphatic hydroxyl groups excluding tert-OH is 2. The molecule has 2 heterocycles. The normalized spacial score (nSPS) is 13.8. The second-order valence-corrected chi connectivity index (χ2v) is 7.90. The Morgan fingerprint density at radius 1 is 1.00 bits per heavy atom. The summed E-state index contributed by atoms with van der Waals surface area (Å²) in [7, 11) is 0. The Kier molecular flexibility index (Phi) is 6.66. The number of H-pyrrole nitrogens is 2. The summed E-state index contributed by atoms with van der Waals surface area (Å²) in [6.45, 7) is 8.13. The Balaban J connectivity index is 2.02. The van der Waals surface area contributed by atoms with Gasteiger partial charge in [0.25, 0.3) is 0 Å². The molecule has 0 saturated heterocycles. The first-order valence-corrected chi connectivity index (χ1v) is 10.1. The molecule has 3 aromatic rings. The SMILES string of the molecule is CC(C)c1nc2nc(N[C@H](CO)C(C)C)[nH+]c(N[C@@H](CO)c3ccccc3)c2[nH]1. The maximum Gasteiger partial charge on any atom is 0.347 e. The first kappa shape index (κ1) is 21.0. The Morgan fingerprint density at radius 2 is 1.72 bits per heavy atom. The molecule has 0 amide bonds. The van der Waals surface area contributed by atoms with Gasteiger partial charge < -0.3 is 20.5 Å². The van der Waals surface area contributed by atoms with Crippen LogP contribution in [0.5, 0.6) is 0 Å². The predicted molar refractivity (Wildman–Crippen MR) is 114 cm³/mol. The van der Waals surface area contributed by atoms with Gasteiger partial charge in [-0.2, -0.15) is 0 Å². The molecule has 0 aliphatic rings. The van der Waals surface area contributed by atoms with E-state index in [9.17, 15) is 10.2 Å². The van der Waals surface area contributed by atoms with Gasteiger partial charge in [-0.1, -0.05) is 63.0 Å². The second-order valence-electron chi connectivity index (χ2n) is 7.90. The quantitative estimate of drug-likeness (QED) is 0.377. The summed E-state index contributed by atoms with van der Waals surface area (Å²) in [5, 5.41) is 26.3. The van der Waals surface area contributed by atoms with Gasteiger partial charge in [-0.15, -0.1) is 0 Å². The molecule has 8 nitrogen and oxygen atoms in total. The van der Waals surface area contributed by atoms with Gasteiger partial charge in [0.15, 0.2) is 5.52 Å². The molecule has 2 atom stereocenters. The average molecular weight is 400 g/mol. The number of rotatable bonds is 9. The highest BCUT2D eigenvalue weighted by Crippen LogP contribution is 2.24. The number of anilines is 2. The number of hydrogen-bond acceptors (Lipinski definition) is 6. The molecule has 0 bridgehead atoms. The minimum Gasteiger partial charge on any atom is -0.393 e. The van der Waals surface area contributed by atoms with E-state index in [1.165, 1.54) is 0 Å². The first-order chi connectivity index (χ1) is 13.9. The summed E-state index contributed by atoms with van der Waals surface area (Å²) in [5.74, 6) is 2.47. The lowest BCUT2D eigenvalue weighted by Crippen LogP contribution is -2.34. The van der Waals surface area contributed by atoms with Gasteiger partial charge in [-0.25, -0.2) is 9.97 Å². The minimum absolute atomic E-state index is 0.00489. The van der Waals surface area contributed by atoms with Gasteiger partial charge in [-0.3, -0.25) is 5.32 Å². The molecule has 0 fully saturated rings. The van der Waals surface area contributed by atoms with Gasteiger partial charge in [0, 0.05) is 5.92 Å². The Hall–Kier alpha value is -2.71. The number of aliphatic hydroxyl groups is 2. The Morgan fingerprint density at radius 3 is 2.31 bits per heavy atom. The zero-order valence-corrected chi connectivity index (χ0v) is 17.4. The highest BCUT2D eigenvalue weighted by Gasteiger charge is 2.24. The lowest BCUT2D eigenvalue weighted by molar-refractivity contribution is -0.347. The number of fused-ring (bicyclic) bond motifs is 1. The number of nitrogens with zero attached hydrogens (tertiary/aromatic N) is 2. The number of nitrogens with one attached hydrogen (secondary N) is 4. The largest absolute Gasteiger partial charge is 0.393 e. The minimum atomic E-state index is -0.296. The topological polar surface area (TPSA) is 120 Å². The zero-order chi connectivity index (χ0) is 21.0. The van der Waals surface area contributed by atoms with Crippen molar-refractivity contribution in [1.82, 2.24) is 15.0 Å². The van der Waals surface area contributed by atoms with E-state index in [4.69, 9.17) is 0 Å². The number of imidazole rings is 1. The van der Waals surface area contributed by atoms with Crippen LogP contribution in [0.1, 0.15) is 51.0 Å². The summed E-state index contributed by atoms with van der Waals surface area (Å²) < 4.78 is 0. The van der Waals surface area contributed by atoms with Crippen molar-refractivity contribution in [3.05, 3.63) is 41.7 Å². The standard InChI is InChI=1S/C21H30N6O2/c1-12(2)15(10-28)23-21-26-19(17-20(27-21)25-18(24-17)13(3)4)22-16(11-29)14-8-6-5-7-9-14/h5-9,12-13,15-16,28-29H,10-11H2,1-4H3,(H3,22,23,24,25,26,27)/p+1/t15-,16+/m1/s1. The van der Waals surface area contributed by atoms with E-state index >= 15 is 0 Å². The third-order valence-electron chi connectivity index (χ3n) is 4.99. The van der Waals surface area contributed by atoms with E-state index < -0.39 is 0 Å². The maximum absolute atomic E-state index is 9.97. The van der Waals surface area contributed by atoms with Gasteiger partial charge in [0.1, 0.15) is 11.9 Å². The van der Waals surface area contributed by atoms with Gasteiger partial charge in [0.2, 0.25) is 11.5 Å². The molecule has 29 heavy (non-hydrogen) atoms. The van der Waals surface area contributed by atoms with Gasteiger partial charge >= 0.3 is 5.95 Å². The highest BCUT2D eigenvalue weighted by molar-refractivity contribution is 5.82. The molecule has 0 radical (unpaired) electrons. The third-order valence-corrected chi connectivity index (χ3v) is 4.99. The molecule has 0 saturated carbocycles. The molecule has 3 rings (SSSR count). The summed E-state index contributed by atoms with van der Waals surface area (Å²) >= 11 is 0. The molecule has 0 unspecified atom stereocenters. The first-order valence-electron chi connectivity index (χ1n) is 10.1. The van der Waals surface area contributed by atoms with Crippen LogP contribution in [0.25, 0.3) is 11.2 Å². The Labute approximate surface area is 170 Å². The van der Waals surface area contributed by atoms with Crippen molar-refractivity contribution in [3.8, 4) is 0 Å². The van der Waals surface area contributed by atoms with Crippen LogP contribution in [0.4, 0.5) is 11.8 Å². The molecule has 0 aliphatic heterocycles. The van der Waals surface area contributed by atoms with Gasteiger partial charge in [0.05, 0.1) is 19.3 Å². The van der Waals surface area contributed by atoms with Crippen molar-refractivity contribution in [2.24, 2.45) is 5.92 Å². The molecule has 156 valence electrons. The van der Waals surface area contributed by atoms with E-state index in [-0.39, 0.29) is 37.1 Å². The van der Waals surface area contributed by atoms with Crippen LogP contribution in [0.2, 0.25) is 0 Å². The second kappa shape index (κ2) is 9.19. The predicted octanol–water partition coefficient (Wildman–Crippen LogP) is 2.47. The molecule has 0 spiro atoms. The monoisotopic (exact) mass is 399 g/mol. The van der Waals surface area contributed by atoms with Crippen molar-refractivity contribution >= 4 is 22.9 Å². The number of aromatic amines is 2. The summed E-state index contributed by atoms with van der Waals surface area (Å²) in [5.41, 5.74) is 2.29. The zero-order valence-electron chi connectivity index (χ0n) is 17.4. The van der Waals surface area contributed by atoms with Crippen LogP contribution in [0.3, 0.4) is 0 Å². The van der Waals surface area contributed by atoms with Crippen molar-refractivity contribution in [1.29, 1.82) is 0 Å². The van der Waals surface area contributed by atoms with E-state index in [0.29, 0.717) is 17.4 Å². The van der Waals surface area contributed by atoms with E-state index in [2.05, 4.69) is 44.4 Å². The number of aromatic nitrogens is 4. The fourth-order valence-electron chi connectivity index (χ4n) is 3.09. The van der Waals surface area contributed by atoms with Crippen LogP contribution < -0.4 is 15.6 Å².